The third-order valence-electron chi connectivity index (χ3n) is 2.49. The number of halogens is 3. The zero-order valence-electron chi connectivity index (χ0n) is 10.0. The molecule has 2 rings (SSSR count). The van der Waals surface area contributed by atoms with E-state index in [9.17, 15) is 9.50 Å². The quantitative estimate of drug-likeness (QED) is 0.866. The number of rotatable bonds is 3. The second kappa shape index (κ2) is 5.78. The molecule has 1 N–H and O–H groups in total. The molecule has 0 spiro atoms. The van der Waals surface area contributed by atoms with E-state index in [2.05, 4.69) is 0 Å². The van der Waals surface area contributed by atoms with Crippen molar-refractivity contribution in [3.8, 4) is 11.5 Å². The van der Waals surface area contributed by atoms with Crippen molar-refractivity contribution >= 4 is 23.2 Å². The van der Waals surface area contributed by atoms with E-state index in [0.29, 0.717) is 27.1 Å². The van der Waals surface area contributed by atoms with Gasteiger partial charge in [0.1, 0.15) is 17.3 Å². The number of ether oxygens (including phenoxy) is 1. The van der Waals surface area contributed by atoms with Crippen molar-refractivity contribution in [3.05, 3.63) is 57.8 Å². The first kappa shape index (κ1) is 14.1. The van der Waals surface area contributed by atoms with Gasteiger partial charge in [0.05, 0.1) is 6.10 Å². The van der Waals surface area contributed by atoms with Crippen LogP contribution in [0.5, 0.6) is 11.5 Å². The van der Waals surface area contributed by atoms with E-state index < -0.39 is 11.9 Å². The van der Waals surface area contributed by atoms with Crippen LogP contribution in [0.25, 0.3) is 0 Å². The predicted molar refractivity (Wildman–Crippen MR) is 73.6 cm³/mol. The maximum atomic E-state index is 13.2. The normalized spacial score (nSPS) is 12.3. The van der Waals surface area contributed by atoms with E-state index in [4.69, 9.17) is 27.9 Å². The molecule has 100 valence electrons. The highest BCUT2D eigenvalue weighted by molar-refractivity contribution is 6.34. The molecule has 0 aliphatic rings. The zero-order chi connectivity index (χ0) is 14.0. The van der Waals surface area contributed by atoms with Crippen molar-refractivity contribution in [2.45, 2.75) is 13.0 Å². The molecule has 0 radical (unpaired) electrons. The Morgan fingerprint density at radius 2 is 1.74 bits per heavy atom. The van der Waals surface area contributed by atoms with Gasteiger partial charge in [-0.25, -0.2) is 4.39 Å². The molecule has 0 heterocycles. The summed E-state index contributed by atoms with van der Waals surface area (Å²) in [6, 6.07) is 8.69. The molecule has 2 nitrogen and oxygen atoms in total. The first-order valence-electron chi connectivity index (χ1n) is 5.57. The molecule has 0 aliphatic carbocycles. The van der Waals surface area contributed by atoms with Crippen molar-refractivity contribution in [3.63, 3.8) is 0 Å². The summed E-state index contributed by atoms with van der Waals surface area (Å²) < 4.78 is 18.8. The summed E-state index contributed by atoms with van der Waals surface area (Å²) in [4.78, 5) is 0. The topological polar surface area (TPSA) is 29.5 Å². The zero-order valence-corrected chi connectivity index (χ0v) is 11.5. The summed E-state index contributed by atoms with van der Waals surface area (Å²) in [7, 11) is 0. The van der Waals surface area contributed by atoms with Gasteiger partial charge in [0, 0.05) is 15.6 Å². The highest BCUT2D eigenvalue weighted by Crippen LogP contribution is 2.33. The summed E-state index contributed by atoms with van der Waals surface area (Å²) in [6.07, 6.45) is -0.847. The Labute approximate surface area is 120 Å². The minimum absolute atomic E-state index is 0.356. The lowest BCUT2D eigenvalue weighted by molar-refractivity contribution is 0.195. The SMILES string of the molecule is C[C@@H](O)c1cc(F)ccc1Oc1cc(Cl)cc(Cl)c1. The molecule has 0 unspecified atom stereocenters. The van der Waals surface area contributed by atoms with Gasteiger partial charge in [0.25, 0.3) is 0 Å². The summed E-state index contributed by atoms with van der Waals surface area (Å²) in [5.41, 5.74) is 0.357. The molecular formula is C14H11Cl2FO2. The molecular weight excluding hydrogens is 290 g/mol. The summed E-state index contributed by atoms with van der Waals surface area (Å²) in [6.45, 7) is 1.53. The molecule has 0 aliphatic heterocycles. The molecule has 2 aromatic rings. The predicted octanol–water partition coefficient (Wildman–Crippen LogP) is 4.98. The average molecular weight is 301 g/mol. The van der Waals surface area contributed by atoms with Crippen LogP contribution >= 0.6 is 23.2 Å². The minimum atomic E-state index is -0.847. The summed E-state index contributed by atoms with van der Waals surface area (Å²) in [5, 5.41) is 10.5. The van der Waals surface area contributed by atoms with Crippen molar-refractivity contribution in [2.24, 2.45) is 0 Å². The molecule has 0 aromatic heterocycles. The first-order valence-corrected chi connectivity index (χ1v) is 6.33. The molecule has 19 heavy (non-hydrogen) atoms. The lowest BCUT2D eigenvalue weighted by Crippen LogP contribution is -1.97. The highest BCUT2D eigenvalue weighted by atomic mass is 35.5. The molecule has 0 bridgehead atoms. The number of benzene rings is 2. The fourth-order valence-electron chi connectivity index (χ4n) is 1.65. The van der Waals surface area contributed by atoms with Gasteiger partial charge in [-0.05, 0) is 43.3 Å². The van der Waals surface area contributed by atoms with E-state index in [0.717, 1.165) is 0 Å². The Bertz CT molecular complexity index is 580. The molecule has 2 aromatic carbocycles. The first-order chi connectivity index (χ1) is 8.95. The smallest absolute Gasteiger partial charge is 0.133 e. The van der Waals surface area contributed by atoms with Gasteiger partial charge in [-0.2, -0.15) is 0 Å². The average Bonchev–Trinajstić information content (AvgIpc) is 2.30. The number of hydrogen-bond acceptors (Lipinski definition) is 2. The van der Waals surface area contributed by atoms with E-state index in [1.54, 1.807) is 18.2 Å². The molecule has 0 saturated heterocycles. The van der Waals surface area contributed by atoms with E-state index >= 15 is 0 Å². The van der Waals surface area contributed by atoms with Crippen LogP contribution in [0.15, 0.2) is 36.4 Å². The van der Waals surface area contributed by atoms with Crippen molar-refractivity contribution < 1.29 is 14.2 Å². The Kier molecular flexibility index (Phi) is 4.30. The van der Waals surface area contributed by atoms with Gasteiger partial charge in [0.2, 0.25) is 0 Å². The van der Waals surface area contributed by atoms with Crippen LogP contribution in [0.4, 0.5) is 4.39 Å². The van der Waals surface area contributed by atoms with Gasteiger partial charge in [-0.3, -0.25) is 0 Å². The Morgan fingerprint density at radius 1 is 1.11 bits per heavy atom. The Balaban J connectivity index is 2.37. The van der Waals surface area contributed by atoms with Crippen LogP contribution in [0.3, 0.4) is 0 Å². The second-order valence-corrected chi connectivity index (χ2v) is 4.94. The summed E-state index contributed by atoms with van der Waals surface area (Å²) in [5.74, 6) is 0.341. The molecule has 0 fully saturated rings. The Morgan fingerprint density at radius 3 is 2.32 bits per heavy atom. The fourth-order valence-corrected chi connectivity index (χ4v) is 2.16. The monoisotopic (exact) mass is 300 g/mol. The third-order valence-corrected chi connectivity index (χ3v) is 2.92. The van der Waals surface area contributed by atoms with Gasteiger partial charge in [-0.1, -0.05) is 23.2 Å². The fraction of sp³-hybridized carbons (Fsp3) is 0.143. The lowest BCUT2D eigenvalue weighted by Gasteiger charge is -2.13. The molecule has 1 atom stereocenters. The van der Waals surface area contributed by atoms with Crippen molar-refractivity contribution in [1.82, 2.24) is 0 Å². The molecule has 5 heteroatoms. The van der Waals surface area contributed by atoms with Crippen LogP contribution in [0, 0.1) is 5.82 Å². The van der Waals surface area contributed by atoms with E-state index in [1.165, 1.54) is 25.1 Å². The second-order valence-electron chi connectivity index (χ2n) is 4.07. The lowest BCUT2D eigenvalue weighted by atomic mass is 10.1. The van der Waals surface area contributed by atoms with Gasteiger partial charge >= 0.3 is 0 Å². The summed E-state index contributed by atoms with van der Waals surface area (Å²) >= 11 is 11.7. The molecule has 0 amide bonds. The maximum absolute atomic E-state index is 13.2. The minimum Gasteiger partial charge on any atom is -0.457 e. The number of aliphatic hydroxyl groups is 1. The van der Waals surface area contributed by atoms with E-state index in [1.807, 2.05) is 0 Å². The van der Waals surface area contributed by atoms with Gasteiger partial charge < -0.3 is 9.84 Å². The third kappa shape index (κ3) is 3.60. The highest BCUT2D eigenvalue weighted by Gasteiger charge is 2.12. The van der Waals surface area contributed by atoms with Crippen LogP contribution in [-0.2, 0) is 0 Å². The van der Waals surface area contributed by atoms with Crippen LogP contribution < -0.4 is 4.74 Å². The number of hydrogen-bond donors (Lipinski definition) is 1. The van der Waals surface area contributed by atoms with Crippen molar-refractivity contribution in [2.75, 3.05) is 0 Å². The van der Waals surface area contributed by atoms with Gasteiger partial charge in [-0.15, -0.1) is 0 Å². The van der Waals surface area contributed by atoms with Crippen molar-refractivity contribution in [1.29, 1.82) is 0 Å². The van der Waals surface area contributed by atoms with Crippen LogP contribution in [-0.4, -0.2) is 5.11 Å². The van der Waals surface area contributed by atoms with E-state index in [-0.39, 0.29) is 0 Å². The maximum Gasteiger partial charge on any atom is 0.133 e. The molecule has 0 saturated carbocycles. The van der Waals surface area contributed by atoms with Crippen LogP contribution in [0.2, 0.25) is 10.0 Å². The standard InChI is InChI=1S/C14H11Cl2FO2/c1-8(18)13-7-11(17)2-3-14(13)19-12-5-9(15)4-10(16)6-12/h2-8,18H,1H3/t8-/m1/s1. The largest absolute Gasteiger partial charge is 0.457 e. The number of aliphatic hydroxyl groups excluding tert-OH is 1. The Hall–Kier alpha value is -1.29. The van der Waals surface area contributed by atoms with Crippen LogP contribution in [0.1, 0.15) is 18.6 Å². The van der Waals surface area contributed by atoms with Gasteiger partial charge in [0.15, 0.2) is 0 Å².